The molecule has 0 radical (unpaired) electrons. The molecular formula is C14H9NOS. The molecule has 0 fully saturated rings. The van der Waals surface area contributed by atoms with Gasteiger partial charge < -0.3 is 4.74 Å². The Labute approximate surface area is 105 Å². The van der Waals surface area contributed by atoms with Crippen LogP contribution in [0.15, 0.2) is 54.6 Å². The lowest BCUT2D eigenvalue weighted by molar-refractivity contribution is 0.566. The van der Waals surface area contributed by atoms with Crippen molar-refractivity contribution in [1.82, 2.24) is 0 Å². The van der Waals surface area contributed by atoms with Gasteiger partial charge in [0.2, 0.25) is 0 Å². The van der Waals surface area contributed by atoms with E-state index in [-0.39, 0.29) is 0 Å². The molecule has 0 aliphatic carbocycles. The zero-order valence-electron chi connectivity index (χ0n) is 8.96. The summed E-state index contributed by atoms with van der Waals surface area (Å²) < 4.78 is 5.52. The van der Waals surface area contributed by atoms with E-state index in [2.05, 4.69) is 6.07 Å². The van der Waals surface area contributed by atoms with E-state index >= 15 is 0 Å². The molecule has 0 bridgehead atoms. The third-order valence-electron chi connectivity index (χ3n) is 2.20. The molecule has 2 aromatic carbocycles. The largest absolute Gasteiger partial charge is 0.445 e. The lowest BCUT2D eigenvalue weighted by Gasteiger charge is -2.06. The molecule has 0 N–H and O–H groups in total. The summed E-state index contributed by atoms with van der Waals surface area (Å²) >= 11 is 5.18. The third kappa shape index (κ3) is 2.90. The van der Waals surface area contributed by atoms with Crippen molar-refractivity contribution in [3.63, 3.8) is 0 Å². The smallest absolute Gasteiger partial charge is 0.198 e. The minimum absolute atomic E-state index is 0.403. The van der Waals surface area contributed by atoms with Gasteiger partial charge in [-0.25, -0.2) is 0 Å². The molecule has 2 rings (SSSR count). The van der Waals surface area contributed by atoms with Gasteiger partial charge in [0.1, 0.15) is 5.75 Å². The summed E-state index contributed by atoms with van der Waals surface area (Å²) in [4.78, 5) is 0. The van der Waals surface area contributed by atoms with E-state index in [0.717, 1.165) is 5.56 Å². The molecule has 0 aliphatic rings. The van der Waals surface area contributed by atoms with Gasteiger partial charge in [0.15, 0.2) is 5.05 Å². The SMILES string of the molecule is N#Cc1ccc(C(=S)Oc2ccccc2)cc1. The Hall–Kier alpha value is -2.18. The van der Waals surface area contributed by atoms with E-state index < -0.39 is 0 Å². The second-order valence-electron chi connectivity index (χ2n) is 3.39. The summed E-state index contributed by atoms with van der Waals surface area (Å²) in [7, 11) is 0. The zero-order chi connectivity index (χ0) is 12.1. The fourth-order valence-corrected chi connectivity index (χ4v) is 1.57. The molecule has 0 amide bonds. The standard InChI is InChI=1S/C14H9NOS/c15-10-11-6-8-12(9-7-11)14(17)16-13-4-2-1-3-5-13/h1-9H. The minimum Gasteiger partial charge on any atom is -0.445 e. The minimum atomic E-state index is 0.403. The summed E-state index contributed by atoms with van der Waals surface area (Å²) in [5.41, 5.74) is 1.40. The van der Waals surface area contributed by atoms with Gasteiger partial charge in [0.25, 0.3) is 0 Å². The Balaban J connectivity index is 2.13. The average molecular weight is 239 g/mol. The summed E-state index contributed by atoms with van der Waals surface area (Å²) in [5.74, 6) is 0.710. The molecule has 3 heteroatoms. The van der Waals surface area contributed by atoms with Crippen molar-refractivity contribution in [2.24, 2.45) is 0 Å². The number of para-hydroxylation sites is 1. The van der Waals surface area contributed by atoms with Crippen molar-refractivity contribution in [2.75, 3.05) is 0 Å². The summed E-state index contributed by atoms with van der Waals surface area (Å²) in [6.45, 7) is 0. The maximum Gasteiger partial charge on any atom is 0.198 e. The highest BCUT2D eigenvalue weighted by atomic mass is 32.1. The Bertz CT molecular complexity index is 555. The number of hydrogen-bond acceptors (Lipinski definition) is 3. The van der Waals surface area contributed by atoms with Gasteiger partial charge in [-0.15, -0.1) is 0 Å². The fraction of sp³-hybridized carbons (Fsp3) is 0. The van der Waals surface area contributed by atoms with Crippen LogP contribution in [0.5, 0.6) is 5.75 Å². The first-order valence-electron chi connectivity index (χ1n) is 5.07. The summed E-state index contributed by atoms with van der Waals surface area (Å²) in [6, 6.07) is 18.4. The van der Waals surface area contributed by atoms with Gasteiger partial charge in [-0.3, -0.25) is 0 Å². The molecule has 17 heavy (non-hydrogen) atoms. The normalized spacial score (nSPS) is 9.35. The maximum atomic E-state index is 8.69. The molecule has 0 atom stereocenters. The highest BCUT2D eigenvalue weighted by Crippen LogP contribution is 2.13. The Morgan fingerprint density at radius 2 is 1.65 bits per heavy atom. The molecule has 82 valence electrons. The highest BCUT2D eigenvalue weighted by Gasteiger charge is 2.03. The van der Waals surface area contributed by atoms with E-state index in [0.29, 0.717) is 16.4 Å². The molecule has 0 heterocycles. The molecule has 0 saturated carbocycles. The van der Waals surface area contributed by atoms with Gasteiger partial charge in [0, 0.05) is 5.56 Å². The van der Waals surface area contributed by atoms with Crippen molar-refractivity contribution < 1.29 is 4.74 Å². The Morgan fingerprint density at radius 3 is 2.24 bits per heavy atom. The second-order valence-corrected chi connectivity index (χ2v) is 3.76. The van der Waals surface area contributed by atoms with Crippen LogP contribution >= 0.6 is 12.2 Å². The van der Waals surface area contributed by atoms with Crippen molar-refractivity contribution in [2.45, 2.75) is 0 Å². The van der Waals surface area contributed by atoms with Crippen molar-refractivity contribution in [3.05, 3.63) is 65.7 Å². The maximum absolute atomic E-state index is 8.69. The first-order valence-corrected chi connectivity index (χ1v) is 5.48. The number of rotatable bonds is 2. The van der Waals surface area contributed by atoms with Crippen LogP contribution in [-0.2, 0) is 0 Å². The molecule has 0 spiro atoms. The van der Waals surface area contributed by atoms with Crippen LogP contribution in [0, 0.1) is 11.3 Å². The van der Waals surface area contributed by atoms with Crippen LogP contribution in [0.2, 0.25) is 0 Å². The lowest BCUT2D eigenvalue weighted by Crippen LogP contribution is -2.06. The van der Waals surface area contributed by atoms with Crippen LogP contribution in [0.3, 0.4) is 0 Å². The van der Waals surface area contributed by atoms with Crippen LogP contribution in [0.25, 0.3) is 0 Å². The number of ether oxygens (including phenoxy) is 1. The topological polar surface area (TPSA) is 33.0 Å². The quantitative estimate of drug-likeness (QED) is 0.754. The first kappa shape index (κ1) is 11.3. The van der Waals surface area contributed by atoms with E-state index in [4.69, 9.17) is 22.2 Å². The van der Waals surface area contributed by atoms with Gasteiger partial charge in [-0.05, 0) is 48.6 Å². The highest BCUT2D eigenvalue weighted by molar-refractivity contribution is 7.80. The Kier molecular flexibility index (Phi) is 3.49. The summed E-state index contributed by atoms with van der Waals surface area (Å²) in [5, 5.41) is 9.09. The van der Waals surface area contributed by atoms with Gasteiger partial charge in [-0.2, -0.15) is 5.26 Å². The number of benzene rings is 2. The average Bonchev–Trinajstić information content (AvgIpc) is 2.40. The predicted molar refractivity (Wildman–Crippen MR) is 69.9 cm³/mol. The monoisotopic (exact) mass is 239 g/mol. The second kappa shape index (κ2) is 5.24. The lowest BCUT2D eigenvalue weighted by atomic mass is 10.1. The van der Waals surface area contributed by atoms with E-state index in [1.54, 1.807) is 24.3 Å². The van der Waals surface area contributed by atoms with Crippen molar-refractivity contribution in [3.8, 4) is 11.8 Å². The van der Waals surface area contributed by atoms with Crippen molar-refractivity contribution in [1.29, 1.82) is 5.26 Å². The molecule has 2 aromatic rings. The van der Waals surface area contributed by atoms with E-state index in [9.17, 15) is 0 Å². The number of hydrogen-bond donors (Lipinski definition) is 0. The fourth-order valence-electron chi connectivity index (χ4n) is 1.34. The van der Waals surface area contributed by atoms with Gasteiger partial charge in [0.05, 0.1) is 11.6 Å². The molecule has 0 saturated heterocycles. The number of thiocarbonyl (C=S) groups is 1. The molecule has 0 unspecified atom stereocenters. The van der Waals surface area contributed by atoms with Gasteiger partial charge >= 0.3 is 0 Å². The first-order chi connectivity index (χ1) is 8.29. The molecule has 0 aliphatic heterocycles. The van der Waals surface area contributed by atoms with E-state index in [1.165, 1.54) is 0 Å². The van der Waals surface area contributed by atoms with E-state index in [1.807, 2.05) is 30.3 Å². The predicted octanol–water partition coefficient (Wildman–Crippen LogP) is 3.31. The van der Waals surface area contributed by atoms with Crippen LogP contribution in [0.1, 0.15) is 11.1 Å². The molecular weight excluding hydrogens is 230 g/mol. The molecule has 2 nitrogen and oxygen atoms in total. The van der Waals surface area contributed by atoms with Crippen LogP contribution in [0.4, 0.5) is 0 Å². The van der Waals surface area contributed by atoms with Gasteiger partial charge in [-0.1, -0.05) is 18.2 Å². The zero-order valence-corrected chi connectivity index (χ0v) is 9.78. The number of nitriles is 1. The number of nitrogens with zero attached hydrogens (tertiary/aromatic N) is 1. The van der Waals surface area contributed by atoms with Crippen molar-refractivity contribution >= 4 is 17.3 Å². The molecule has 0 aromatic heterocycles. The third-order valence-corrected chi connectivity index (χ3v) is 2.52. The van der Waals surface area contributed by atoms with Crippen LogP contribution in [-0.4, -0.2) is 5.05 Å². The Morgan fingerprint density at radius 1 is 1.00 bits per heavy atom. The van der Waals surface area contributed by atoms with Crippen LogP contribution < -0.4 is 4.74 Å². The summed E-state index contributed by atoms with van der Waals surface area (Å²) in [6.07, 6.45) is 0.